The van der Waals surface area contributed by atoms with Crippen molar-refractivity contribution in [3.63, 3.8) is 0 Å². The molecule has 5 nitrogen and oxygen atoms in total. The Morgan fingerprint density at radius 1 is 1.20 bits per heavy atom. The minimum Gasteiger partial charge on any atom is -0.444 e. The van der Waals surface area contributed by atoms with Gasteiger partial charge in [-0.1, -0.05) is 26.7 Å². The van der Waals surface area contributed by atoms with Crippen LogP contribution in [0.1, 0.15) is 66.7 Å². The van der Waals surface area contributed by atoms with Gasteiger partial charge in [0.15, 0.2) is 0 Å². The van der Waals surface area contributed by atoms with Crippen LogP contribution in [0.2, 0.25) is 0 Å². The maximum Gasteiger partial charge on any atom is 0.407 e. The van der Waals surface area contributed by atoms with Crippen molar-refractivity contribution >= 4 is 6.09 Å². The topological polar surface area (TPSA) is 53.6 Å². The van der Waals surface area contributed by atoms with Crippen molar-refractivity contribution < 1.29 is 9.53 Å². The van der Waals surface area contributed by atoms with Crippen molar-refractivity contribution in [3.05, 3.63) is 0 Å². The number of nitrogens with one attached hydrogen (secondary N) is 2. The maximum atomic E-state index is 12.0. The highest BCUT2D eigenvalue weighted by molar-refractivity contribution is 5.67. The molecule has 3 unspecified atom stereocenters. The number of rotatable bonds is 8. The van der Waals surface area contributed by atoms with E-state index in [0.717, 1.165) is 6.54 Å². The summed E-state index contributed by atoms with van der Waals surface area (Å²) >= 11 is 0. The molecule has 0 spiro atoms. The van der Waals surface area contributed by atoms with Gasteiger partial charge in [0.1, 0.15) is 5.60 Å². The first-order valence-corrected chi connectivity index (χ1v) is 9.94. The smallest absolute Gasteiger partial charge is 0.407 e. The second-order valence-electron chi connectivity index (χ2n) is 9.29. The van der Waals surface area contributed by atoms with Crippen LogP contribution in [-0.4, -0.2) is 55.9 Å². The number of amides is 1. The number of likely N-dealkylation sites (N-methyl/N-ethyl adjacent to an activating group) is 1. The zero-order chi connectivity index (χ0) is 19.0. The fourth-order valence-corrected chi connectivity index (χ4v) is 3.71. The molecule has 0 aromatic heterocycles. The monoisotopic (exact) mass is 355 g/mol. The summed E-state index contributed by atoms with van der Waals surface area (Å²) < 4.78 is 5.37. The lowest BCUT2D eigenvalue weighted by atomic mass is 9.83. The van der Waals surface area contributed by atoms with Gasteiger partial charge in [-0.05, 0) is 66.0 Å². The lowest BCUT2D eigenvalue weighted by Crippen LogP contribution is -2.51. The van der Waals surface area contributed by atoms with Crippen molar-refractivity contribution in [2.45, 2.75) is 84.4 Å². The number of hydrogen-bond donors (Lipinski definition) is 2. The van der Waals surface area contributed by atoms with E-state index in [1.807, 2.05) is 20.8 Å². The molecule has 1 aliphatic rings. The minimum absolute atomic E-state index is 0.302. The van der Waals surface area contributed by atoms with Gasteiger partial charge in [-0.15, -0.1) is 0 Å². The minimum atomic E-state index is -0.442. The molecule has 25 heavy (non-hydrogen) atoms. The molecular weight excluding hydrogens is 314 g/mol. The molecule has 1 amide bonds. The molecular formula is C20H41N3O2. The van der Waals surface area contributed by atoms with Gasteiger partial charge < -0.3 is 20.3 Å². The Labute approximate surface area is 155 Å². The zero-order valence-electron chi connectivity index (χ0n) is 17.5. The molecule has 1 saturated carbocycles. The van der Waals surface area contributed by atoms with Crippen molar-refractivity contribution in [2.75, 3.05) is 27.2 Å². The molecule has 0 bridgehead atoms. The van der Waals surface area contributed by atoms with E-state index in [-0.39, 0.29) is 6.09 Å². The third-order valence-corrected chi connectivity index (χ3v) is 4.61. The van der Waals surface area contributed by atoms with E-state index in [1.165, 1.54) is 32.1 Å². The summed E-state index contributed by atoms with van der Waals surface area (Å²) in [6.07, 6.45) is 5.77. The summed E-state index contributed by atoms with van der Waals surface area (Å²) in [5, 5.41) is 6.89. The average Bonchev–Trinajstić information content (AvgIpc) is 2.43. The number of ether oxygens (including phenoxy) is 1. The molecule has 1 fully saturated rings. The first-order chi connectivity index (χ1) is 11.6. The lowest BCUT2D eigenvalue weighted by Gasteiger charge is -2.36. The molecule has 0 aromatic rings. The second-order valence-corrected chi connectivity index (χ2v) is 9.29. The fraction of sp³-hybridized carbons (Fsp3) is 0.950. The van der Waals surface area contributed by atoms with E-state index in [4.69, 9.17) is 4.74 Å². The Morgan fingerprint density at radius 3 is 2.40 bits per heavy atom. The van der Waals surface area contributed by atoms with Gasteiger partial charge in [0.05, 0.1) is 0 Å². The Bertz CT molecular complexity index is 381. The molecule has 3 atom stereocenters. The molecule has 5 heteroatoms. The standard InChI is InChI=1S/C20H41N3O2/c1-15(2)12-17(14-23(6)7)22-18-11-9-8-10-16(18)13-21-19(24)25-20(3,4)5/h15-18,22H,8-14H2,1-7H3,(H,21,24). The molecule has 1 rings (SSSR count). The number of nitrogens with zero attached hydrogens (tertiary/aromatic N) is 1. The van der Waals surface area contributed by atoms with Crippen LogP contribution in [0, 0.1) is 11.8 Å². The van der Waals surface area contributed by atoms with Crippen molar-refractivity contribution in [3.8, 4) is 0 Å². The van der Waals surface area contributed by atoms with Crippen molar-refractivity contribution in [1.29, 1.82) is 0 Å². The summed E-state index contributed by atoms with van der Waals surface area (Å²) in [5.41, 5.74) is -0.442. The third kappa shape index (κ3) is 10.0. The summed E-state index contributed by atoms with van der Waals surface area (Å²) in [7, 11) is 4.27. The number of carbonyl (C=O) groups excluding carboxylic acids is 1. The van der Waals surface area contributed by atoms with Crippen LogP contribution in [0.4, 0.5) is 4.79 Å². The van der Waals surface area contributed by atoms with Crippen LogP contribution in [0.3, 0.4) is 0 Å². The summed E-state index contributed by atoms with van der Waals surface area (Å²) in [6, 6.07) is 0.981. The third-order valence-electron chi connectivity index (χ3n) is 4.61. The molecule has 0 saturated heterocycles. The molecule has 0 aliphatic heterocycles. The van der Waals surface area contributed by atoms with Gasteiger partial charge in [-0.2, -0.15) is 0 Å². The summed E-state index contributed by atoms with van der Waals surface area (Å²) in [5.74, 6) is 1.16. The normalized spacial score (nSPS) is 22.9. The summed E-state index contributed by atoms with van der Waals surface area (Å²) in [6.45, 7) is 12.0. The predicted octanol–water partition coefficient (Wildman–Crippen LogP) is 3.64. The molecule has 148 valence electrons. The first-order valence-electron chi connectivity index (χ1n) is 9.94. The lowest BCUT2D eigenvalue weighted by molar-refractivity contribution is 0.0509. The van der Waals surface area contributed by atoms with Crippen LogP contribution in [0.25, 0.3) is 0 Å². The van der Waals surface area contributed by atoms with E-state index in [0.29, 0.717) is 30.5 Å². The highest BCUT2D eigenvalue weighted by Gasteiger charge is 2.28. The van der Waals surface area contributed by atoms with Crippen LogP contribution in [0.15, 0.2) is 0 Å². The number of alkyl carbamates (subject to hydrolysis) is 1. The molecule has 2 N–H and O–H groups in total. The molecule has 0 radical (unpaired) electrons. The predicted molar refractivity (Wildman–Crippen MR) is 105 cm³/mol. The van der Waals surface area contributed by atoms with Gasteiger partial charge in [0.25, 0.3) is 0 Å². The first kappa shape index (κ1) is 22.2. The van der Waals surface area contributed by atoms with Crippen LogP contribution in [-0.2, 0) is 4.74 Å². The maximum absolute atomic E-state index is 12.0. The van der Waals surface area contributed by atoms with Crippen LogP contribution < -0.4 is 10.6 Å². The second kappa shape index (κ2) is 10.4. The Balaban J connectivity index is 2.57. The van der Waals surface area contributed by atoms with Gasteiger partial charge in [-0.3, -0.25) is 0 Å². The highest BCUT2D eigenvalue weighted by atomic mass is 16.6. The van der Waals surface area contributed by atoms with E-state index in [2.05, 4.69) is 43.5 Å². The molecule has 0 aromatic carbocycles. The van der Waals surface area contributed by atoms with E-state index in [9.17, 15) is 4.79 Å². The van der Waals surface area contributed by atoms with E-state index < -0.39 is 5.60 Å². The number of hydrogen-bond acceptors (Lipinski definition) is 4. The van der Waals surface area contributed by atoms with Crippen molar-refractivity contribution in [1.82, 2.24) is 15.5 Å². The van der Waals surface area contributed by atoms with Crippen LogP contribution >= 0.6 is 0 Å². The van der Waals surface area contributed by atoms with Gasteiger partial charge in [0, 0.05) is 25.2 Å². The number of carbonyl (C=O) groups is 1. The largest absolute Gasteiger partial charge is 0.444 e. The van der Waals surface area contributed by atoms with Crippen LogP contribution in [0.5, 0.6) is 0 Å². The zero-order valence-corrected chi connectivity index (χ0v) is 17.5. The highest BCUT2D eigenvalue weighted by Crippen LogP contribution is 2.25. The van der Waals surface area contributed by atoms with Crippen molar-refractivity contribution in [2.24, 2.45) is 11.8 Å². The fourth-order valence-electron chi connectivity index (χ4n) is 3.71. The molecule has 0 heterocycles. The Hall–Kier alpha value is -0.810. The van der Waals surface area contributed by atoms with Gasteiger partial charge in [0.2, 0.25) is 0 Å². The molecule has 1 aliphatic carbocycles. The summed E-state index contributed by atoms with van der Waals surface area (Å²) in [4.78, 5) is 14.2. The van der Waals surface area contributed by atoms with Gasteiger partial charge >= 0.3 is 6.09 Å². The SMILES string of the molecule is CC(C)CC(CN(C)C)NC1CCCCC1CNC(=O)OC(C)(C)C. The Morgan fingerprint density at radius 2 is 1.84 bits per heavy atom. The average molecular weight is 356 g/mol. The van der Waals surface area contributed by atoms with E-state index >= 15 is 0 Å². The quantitative estimate of drug-likeness (QED) is 0.698. The Kier molecular flexibility index (Phi) is 9.22. The van der Waals surface area contributed by atoms with Gasteiger partial charge in [-0.25, -0.2) is 4.79 Å². The van der Waals surface area contributed by atoms with E-state index in [1.54, 1.807) is 0 Å².